The van der Waals surface area contributed by atoms with Gasteiger partial charge in [-0.2, -0.15) is 0 Å². The lowest BCUT2D eigenvalue weighted by Gasteiger charge is -2.70. The van der Waals surface area contributed by atoms with Crippen molar-refractivity contribution >= 4 is 23.8 Å². The summed E-state index contributed by atoms with van der Waals surface area (Å²) in [4.78, 5) is 51.8. The highest BCUT2D eigenvalue weighted by Gasteiger charge is 2.69. The zero-order valence-corrected chi connectivity index (χ0v) is 31.1. The number of carboxylic acids is 1. The third-order valence-electron chi connectivity index (χ3n) is 15.2. The lowest BCUT2D eigenvalue weighted by Crippen LogP contribution is -2.65. The van der Waals surface area contributed by atoms with E-state index in [9.17, 15) is 24.3 Å². The zero-order valence-electron chi connectivity index (χ0n) is 31.1. The van der Waals surface area contributed by atoms with Crippen LogP contribution in [0.4, 0.5) is 4.79 Å². The Hall–Kier alpha value is -2.38. The molecule has 8 nitrogen and oxygen atoms in total. The summed E-state index contributed by atoms with van der Waals surface area (Å²) < 4.78 is 11.8. The molecule has 0 heterocycles. The molecule has 1 amide bonds. The second kappa shape index (κ2) is 11.6. The topological polar surface area (TPSA) is 119 Å². The van der Waals surface area contributed by atoms with Crippen LogP contribution < -0.4 is 5.32 Å². The number of ketones is 1. The molecule has 0 bridgehead atoms. The minimum Gasteiger partial charge on any atom is -0.481 e. The van der Waals surface area contributed by atoms with Gasteiger partial charge in [-0.05, 0) is 124 Å². The number of nitrogens with one attached hydrogen (secondary N) is 1. The summed E-state index contributed by atoms with van der Waals surface area (Å²) in [6.45, 7) is 19.9. The molecule has 0 aromatic carbocycles. The number of aliphatic carboxylic acids is 1. The molecule has 5 fully saturated rings. The molecule has 6 rings (SSSR count). The maximum Gasteiger partial charge on any atom is 0.407 e. The molecule has 8 heteroatoms. The molecule has 0 aliphatic heterocycles. The monoisotopic (exact) mass is 667 g/mol. The van der Waals surface area contributed by atoms with Crippen LogP contribution in [0.3, 0.4) is 0 Å². The highest BCUT2D eigenvalue weighted by atomic mass is 16.6. The predicted octanol–water partition coefficient (Wildman–Crippen LogP) is 8.27. The Balaban J connectivity index is 1.30. The number of esters is 1. The Kier molecular flexibility index (Phi) is 8.55. The molecule has 2 N–H and O–H groups in total. The van der Waals surface area contributed by atoms with E-state index in [1.807, 2.05) is 0 Å². The lowest BCUT2D eigenvalue weighted by molar-refractivity contribution is -0.214. The molecule has 3 unspecified atom stereocenters. The highest BCUT2D eigenvalue weighted by molar-refractivity contribution is 5.92. The van der Waals surface area contributed by atoms with Gasteiger partial charge in [-0.15, -0.1) is 0 Å². The minimum atomic E-state index is -1.16. The smallest absolute Gasteiger partial charge is 0.407 e. The van der Waals surface area contributed by atoms with Gasteiger partial charge in [0.15, 0.2) is 0 Å². The summed E-state index contributed by atoms with van der Waals surface area (Å²) in [7, 11) is 0. The summed E-state index contributed by atoms with van der Waals surface area (Å²) in [5.41, 5.74) is 0.585. The van der Waals surface area contributed by atoms with Gasteiger partial charge in [-0.1, -0.05) is 54.0 Å². The van der Waals surface area contributed by atoms with Crippen LogP contribution >= 0.6 is 0 Å². The van der Waals surface area contributed by atoms with E-state index < -0.39 is 22.9 Å². The van der Waals surface area contributed by atoms with E-state index in [2.05, 4.69) is 53.8 Å². The molecular weight excluding hydrogens is 606 g/mol. The Morgan fingerprint density at radius 2 is 1.62 bits per heavy atom. The number of alkyl carbamates (subject to hydrolysis) is 1. The van der Waals surface area contributed by atoms with Crippen molar-refractivity contribution in [3.8, 4) is 0 Å². The number of Topliss-reactive ketones (excluding diaryl/α,β-unsaturated/α-hetero) is 1. The zero-order chi connectivity index (χ0) is 35.2. The molecule has 268 valence electrons. The number of ether oxygens (including phenoxy) is 2. The van der Waals surface area contributed by atoms with Crippen molar-refractivity contribution in [1.82, 2.24) is 5.32 Å². The summed E-state index contributed by atoms with van der Waals surface area (Å²) in [6.07, 6.45) is 9.36. The first kappa shape index (κ1) is 35.4. The van der Waals surface area contributed by atoms with Gasteiger partial charge >= 0.3 is 18.0 Å². The quantitative estimate of drug-likeness (QED) is 0.198. The molecular formula is C40H61NO7. The van der Waals surface area contributed by atoms with Crippen molar-refractivity contribution in [2.45, 2.75) is 151 Å². The van der Waals surface area contributed by atoms with Crippen LogP contribution in [-0.4, -0.2) is 47.2 Å². The van der Waals surface area contributed by atoms with E-state index in [1.165, 1.54) is 11.1 Å². The number of hydrogen-bond donors (Lipinski definition) is 2. The Morgan fingerprint density at radius 1 is 0.938 bits per heavy atom. The average molecular weight is 668 g/mol. The number of hydrogen-bond acceptors (Lipinski definition) is 6. The van der Waals surface area contributed by atoms with E-state index >= 15 is 0 Å². The number of carbonyl (C=O) groups is 4. The maximum absolute atomic E-state index is 13.8. The fourth-order valence-electron chi connectivity index (χ4n) is 12.2. The summed E-state index contributed by atoms with van der Waals surface area (Å²) >= 11 is 0. The van der Waals surface area contributed by atoms with E-state index in [0.717, 1.165) is 64.2 Å². The molecule has 0 spiro atoms. The minimum absolute atomic E-state index is 0.0236. The van der Waals surface area contributed by atoms with Crippen molar-refractivity contribution in [2.24, 2.45) is 56.7 Å². The largest absolute Gasteiger partial charge is 0.481 e. The second-order valence-electron chi connectivity index (χ2n) is 19.1. The molecule has 6 aliphatic carbocycles. The van der Waals surface area contributed by atoms with Crippen LogP contribution in [0.15, 0.2) is 11.1 Å². The van der Waals surface area contributed by atoms with Crippen molar-refractivity contribution in [3.05, 3.63) is 11.1 Å². The summed E-state index contributed by atoms with van der Waals surface area (Å²) in [6, 6.07) is 0. The summed E-state index contributed by atoms with van der Waals surface area (Å²) in [5.74, 6) is 0.138. The maximum atomic E-state index is 13.8. The third-order valence-corrected chi connectivity index (χ3v) is 15.2. The van der Waals surface area contributed by atoms with Crippen molar-refractivity contribution in [2.75, 3.05) is 6.61 Å². The summed E-state index contributed by atoms with van der Waals surface area (Å²) in [5, 5.41) is 12.9. The van der Waals surface area contributed by atoms with Gasteiger partial charge in [0.05, 0.1) is 24.0 Å². The van der Waals surface area contributed by atoms with Crippen LogP contribution in [0.25, 0.3) is 0 Å². The van der Waals surface area contributed by atoms with E-state index in [4.69, 9.17) is 9.47 Å². The van der Waals surface area contributed by atoms with Gasteiger partial charge in [0.25, 0.3) is 0 Å². The van der Waals surface area contributed by atoms with Gasteiger partial charge in [0.1, 0.15) is 11.9 Å². The Labute approximate surface area is 287 Å². The Morgan fingerprint density at radius 3 is 2.25 bits per heavy atom. The van der Waals surface area contributed by atoms with Gasteiger partial charge in [0, 0.05) is 17.8 Å². The van der Waals surface area contributed by atoms with Gasteiger partial charge in [-0.25, -0.2) is 4.79 Å². The van der Waals surface area contributed by atoms with Crippen LogP contribution in [0.1, 0.15) is 139 Å². The SMILES string of the molecule is CC(C)C1C(=O)C[C@]2(NC(=O)OCC3CC3)CC[C@]3(C)C(=C12)CCC1[C@@]2(C)CC[C@H](OC(=O)CC(C)(C)C(=O)O)C(C)(C)C2CC[C@]13C. The molecule has 6 aliphatic rings. The van der Waals surface area contributed by atoms with Crippen molar-refractivity contribution in [1.29, 1.82) is 0 Å². The normalized spacial score (nSPS) is 40.3. The molecule has 0 radical (unpaired) electrons. The first-order chi connectivity index (χ1) is 22.2. The van der Waals surface area contributed by atoms with Gasteiger partial charge in [-0.3, -0.25) is 14.4 Å². The van der Waals surface area contributed by atoms with Crippen LogP contribution in [0, 0.1) is 56.7 Å². The standard InChI is InChI=1S/C40H61NO7/c1-23(2)31-26(42)20-40(41-34(46)47-22-24-10-11-24)19-18-38(8)25(32(31)40)12-13-28-37(7)16-15-29(48-30(43)21-35(3,4)33(44)45)36(5,6)27(37)14-17-39(28,38)9/h23-24,27-29,31H,10-22H2,1-9H3,(H,41,46)(H,44,45)/t27?,28?,29-,31?,37-,38+,39+,40+/m0/s1. The molecule has 0 aromatic rings. The number of fused-ring (bicyclic) bond motifs is 6. The van der Waals surface area contributed by atoms with Crippen LogP contribution in [0.5, 0.6) is 0 Å². The third kappa shape index (κ3) is 5.36. The molecule has 5 saturated carbocycles. The number of carboxylic acid groups (broad SMARTS) is 1. The number of carbonyl (C=O) groups excluding carboxylic acids is 3. The van der Waals surface area contributed by atoms with Gasteiger partial charge in [0.2, 0.25) is 0 Å². The lowest BCUT2D eigenvalue weighted by atomic mass is 9.34. The van der Waals surface area contributed by atoms with E-state index in [-0.39, 0.29) is 57.9 Å². The number of rotatable bonds is 8. The fourth-order valence-corrected chi connectivity index (χ4v) is 12.2. The fraction of sp³-hybridized carbons (Fsp3) is 0.850. The first-order valence-corrected chi connectivity index (χ1v) is 18.9. The van der Waals surface area contributed by atoms with Gasteiger partial charge < -0.3 is 19.9 Å². The molecule has 0 saturated heterocycles. The first-order valence-electron chi connectivity index (χ1n) is 18.9. The molecule has 48 heavy (non-hydrogen) atoms. The average Bonchev–Trinajstić information content (AvgIpc) is 3.75. The van der Waals surface area contributed by atoms with Crippen LogP contribution in [-0.2, 0) is 23.9 Å². The molecule has 0 aromatic heterocycles. The van der Waals surface area contributed by atoms with E-state index in [0.29, 0.717) is 30.8 Å². The highest BCUT2D eigenvalue weighted by Crippen LogP contribution is 2.75. The number of allylic oxidation sites excluding steroid dienone is 1. The van der Waals surface area contributed by atoms with Crippen LogP contribution in [0.2, 0.25) is 0 Å². The number of amides is 1. The predicted molar refractivity (Wildman–Crippen MR) is 183 cm³/mol. The van der Waals surface area contributed by atoms with Crippen molar-refractivity contribution < 1.29 is 33.8 Å². The molecule has 8 atom stereocenters. The van der Waals surface area contributed by atoms with E-state index in [1.54, 1.807) is 13.8 Å². The Bertz CT molecular complexity index is 1410. The van der Waals surface area contributed by atoms with Crippen molar-refractivity contribution in [3.63, 3.8) is 0 Å². The second-order valence-corrected chi connectivity index (χ2v) is 19.1.